The van der Waals surface area contributed by atoms with Crippen LogP contribution < -0.4 is 5.32 Å². The zero-order valence-corrected chi connectivity index (χ0v) is 11.5. The van der Waals surface area contributed by atoms with E-state index in [1.54, 1.807) is 0 Å². The van der Waals surface area contributed by atoms with Gasteiger partial charge in [0.05, 0.1) is 10.4 Å². The van der Waals surface area contributed by atoms with Crippen LogP contribution in [0, 0.1) is 6.92 Å². The van der Waals surface area contributed by atoms with E-state index in [1.807, 2.05) is 11.4 Å². The van der Waals surface area contributed by atoms with E-state index in [0.29, 0.717) is 0 Å². The summed E-state index contributed by atoms with van der Waals surface area (Å²) in [4.78, 5) is 13.0. The molecule has 2 heterocycles. The molecule has 1 aliphatic rings. The van der Waals surface area contributed by atoms with Crippen molar-refractivity contribution < 1.29 is 4.79 Å². The smallest absolute Gasteiger partial charge is 0.262 e. The Morgan fingerprint density at radius 1 is 1.17 bits per heavy atom. The maximum Gasteiger partial charge on any atom is 0.262 e. The predicted octanol–water partition coefficient (Wildman–Crippen LogP) is 3.70. The van der Waals surface area contributed by atoms with Crippen LogP contribution in [0.5, 0.6) is 0 Å². The molecule has 1 aromatic heterocycles. The Morgan fingerprint density at radius 2 is 1.94 bits per heavy atom. The van der Waals surface area contributed by atoms with Crippen LogP contribution in [0.25, 0.3) is 11.1 Å². The maximum atomic E-state index is 12.2. The first kappa shape index (κ1) is 11.5. The Labute approximate surface area is 111 Å². The third kappa shape index (κ3) is 1.58. The van der Waals surface area contributed by atoms with Gasteiger partial charge in [-0.2, -0.15) is 0 Å². The van der Waals surface area contributed by atoms with Gasteiger partial charge in [0.25, 0.3) is 5.91 Å². The van der Waals surface area contributed by atoms with Gasteiger partial charge in [-0.3, -0.25) is 4.79 Å². The third-order valence-electron chi connectivity index (χ3n) is 3.44. The SMILES string of the molecule is Cc1ccc2c(c1)C(C)(C)NC(=O)c1sccc1-2. The van der Waals surface area contributed by atoms with E-state index in [2.05, 4.69) is 44.3 Å². The van der Waals surface area contributed by atoms with Gasteiger partial charge in [-0.05, 0) is 43.3 Å². The number of amides is 1. The molecule has 2 nitrogen and oxygen atoms in total. The number of hydrogen-bond acceptors (Lipinski definition) is 2. The lowest BCUT2D eigenvalue weighted by molar-refractivity contribution is 0.0919. The number of benzene rings is 1. The first-order valence-corrected chi connectivity index (χ1v) is 6.88. The van der Waals surface area contributed by atoms with Crippen molar-refractivity contribution in [2.45, 2.75) is 26.3 Å². The highest BCUT2D eigenvalue weighted by molar-refractivity contribution is 7.12. The molecule has 92 valence electrons. The molecule has 0 atom stereocenters. The Kier molecular flexibility index (Phi) is 2.35. The number of aryl methyl sites for hydroxylation is 1. The van der Waals surface area contributed by atoms with Crippen molar-refractivity contribution in [3.8, 4) is 11.1 Å². The van der Waals surface area contributed by atoms with Crippen LogP contribution in [0.3, 0.4) is 0 Å². The van der Waals surface area contributed by atoms with E-state index >= 15 is 0 Å². The molecule has 1 aliphatic heterocycles. The second-order valence-corrected chi connectivity index (χ2v) is 6.21. The highest BCUT2D eigenvalue weighted by Crippen LogP contribution is 2.39. The molecule has 1 aromatic carbocycles. The van der Waals surface area contributed by atoms with Crippen molar-refractivity contribution in [3.05, 3.63) is 45.6 Å². The summed E-state index contributed by atoms with van der Waals surface area (Å²) >= 11 is 1.50. The van der Waals surface area contributed by atoms with Crippen LogP contribution in [0.15, 0.2) is 29.6 Å². The first-order valence-electron chi connectivity index (χ1n) is 6.00. The van der Waals surface area contributed by atoms with Crippen molar-refractivity contribution >= 4 is 17.2 Å². The lowest BCUT2D eigenvalue weighted by Crippen LogP contribution is -2.39. The van der Waals surface area contributed by atoms with E-state index in [4.69, 9.17) is 0 Å². The first-order chi connectivity index (χ1) is 8.49. The van der Waals surface area contributed by atoms with Gasteiger partial charge in [0, 0.05) is 5.56 Å². The maximum absolute atomic E-state index is 12.2. The monoisotopic (exact) mass is 257 g/mol. The summed E-state index contributed by atoms with van der Waals surface area (Å²) in [5.41, 5.74) is 4.29. The van der Waals surface area contributed by atoms with E-state index in [9.17, 15) is 4.79 Å². The molecule has 0 bridgehead atoms. The lowest BCUT2D eigenvalue weighted by Gasteiger charge is -2.27. The number of hydrogen-bond donors (Lipinski definition) is 1. The quantitative estimate of drug-likeness (QED) is 0.766. The van der Waals surface area contributed by atoms with Gasteiger partial charge in [0.2, 0.25) is 0 Å². The van der Waals surface area contributed by atoms with Gasteiger partial charge >= 0.3 is 0 Å². The molecule has 0 aliphatic carbocycles. The molecule has 0 spiro atoms. The summed E-state index contributed by atoms with van der Waals surface area (Å²) in [7, 11) is 0. The Hall–Kier alpha value is -1.61. The Balaban J connectivity index is 2.36. The number of thiophene rings is 1. The molecule has 0 saturated heterocycles. The van der Waals surface area contributed by atoms with Crippen molar-refractivity contribution in [2.75, 3.05) is 0 Å². The number of rotatable bonds is 0. The number of nitrogens with one attached hydrogen (secondary N) is 1. The molecular formula is C15H15NOS. The molecule has 1 amide bonds. The Bertz CT molecular complexity index is 640. The van der Waals surface area contributed by atoms with Crippen molar-refractivity contribution in [1.29, 1.82) is 0 Å². The van der Waals surface area contributed by atoms with E-state index < -0.39 is 0 Å². The van der Waals surface area contributed by atoms with Crippen LogP contribution in [0.1, 0.15) is 34.6 Å². The summed E-state index contributed by atoms with van der Waals surface area (Å²) in [5, 5.41) is 5.09. The van der Waals surface area contributed by atoms with Crippen LogP contribution in [-0.2, 0) is 5.54 Å². The zero-order valence-electron chi connectivity index (χ0n) is 10.7. The molecule has 3 rings (SSSR count). The Morgan fingerprint density at radius 3 is 2.72 bits per heavy atom. The molecule has 0 unspecified atom stereocenters. The summed E-state index contributed by atoms with van der Waals surface area (Å²) in [6.45, 7) is 6.19. The van der Waals surface area contributed by atoms with Crippen LogP contribution in [0.2, 0.25) is 0 Å². The van der Waals surface area contributed by atoms with Gasteiger partial charge in [0.1, 0.15) is 0 Å². The minimum atomic E-state index is -0.336. The average Bonchev–Trinajstić information content (AvgIpc) is 2.74. The fraction of sp³-hybridized carbons (Fsp3) is 0.267. The average molecular weight is 257 g/mol. The molecular weight excluding hydrogens is 242 g/mol. The van der Waals surface area contributed by atoms with Gasteiger partial charge in [-0.25, -0.2) is 0 Å². The largest absolute Gasteiger partial charge is 0.342 e. The van der Waals surface area contributed by atoms with Crippen molar-refractivity contribution in [2.24, 2.45) is 0 Å². The molecule has 1 N–H and O–H groups in total. The predicted molar refractivity (Wildman–Crippen MR) is 75.0 cm³/mol. The minimum Gasteiger partial charge on any atom is -0.342 e. The third-order valence-corrected chi connectivity index (χ3v) is 4.35. The number of carbonyl (C=O) groups excluding carboxylic acids is 1. The molecule has 2 aromatic rings. The fourth-order valence-corrected chi connectivity index (χ4v) is 3.32. The molecule has 0 radical (unpaired) electrons. The van der Waals surface area contributed by atoms with Crippen LogP contribution in [0.4, 0.5) is 0 Å². The van der Waals surface area contributed by atoms with E-state index in [-0.39, 0.29) is 11.4 Å². The van der Waals surface area contributed by atoms with Gasteiger partial charge in [0.15, 0.2) is 0 Å². The standard InChI is InChI=1S/C15H15NOS/c1-9-4-5-10-11-6-7-18-13(11)14(17)16-15(2,3)12(10)8-9/h4-8H,1-3H3,(H,16,17). The molecule has 3 heteroatoms. The lowest BCUT2D eigenvalue weighted by atomic mass is 9.87. The van der Waals surface area contributed by atoms with Gasteiger partial charge in [-0.15, -0.1) is 11.3 Å². The topological polar surface area (TPSA) is 29.1 Å². The molecule has 0 fully saturated rings. The van der Waals surface area contributed by atoms with Crippen molar-refractivity contribution in [1.82, 2.24) is 5.32 Å². The second kappa shape index (κ2) is 3.69. The molecule has 0 saturated carbocycles. The summed E-state index contributed by atoms with van der Waals surface area (Å²) in [6.07, 6.45) is 0. The fourth-order valence-electron chi connectivity index (χ4n) is 2.52. The minimum absolute atomic E-state index is 0.0267. The van der Waals surface area contributed by atoms with Gasteiger partial charge in [-0.1, -0.05) is 23.8 Å². The highest BCUT2D eigenvalue weighted by Gasteiger charge is 2.32. The van der Waals surface area contributed by atoms with Crippen molar-refractivity contribution in [3.63, 3.8) is 0 Å². The summed E-state index contributed by atoms with van der Waals surface area (Å²) in [5.74, 6) is 0.0267. The number of carbonyl (C=O) groups is 1. The van der Waals surface area contributed by atoms with E-state index in [1.165, 1.54) is 28.0 Å². The normalized spacial score (nSPS) is 16.5. The second-order valence-electron chi connectivity index (χ2n) is 5.29. The van der Waals surface area contributed by atoms with E-state index in [0.717, 1.165) is 10.4 Å². The van der Waals surface area contributed by atoms with Gasteiger partial charge < -0.3 is 5.32 Å². The summed E-state index contributed by atoms with van der Waals surface area (Å²) in [6, 6.07) is 8.43. The zero-order chi connectivity index (χ0) is 12.9. The number of fused-ring (bicyclic) bond motifs is 3. The van der Waals surface area contributed by atoms with Crippen LogP contribution >= 0.6 is 11.3 Å². The summed E-state index contributed by atoms with van der Waals surface area (Å²) < 4.78 is 0. The van der Waals surface area contributed by atoms with Crippen LogP contribution in [-0.4, -0.2) is 5.91 Å². The molecule has 18 heavy (non-hydrogen) atoms. The highest BCUT2D eigenvalue weighted by atomic mass is 32.1.